The minimum atomic E-state index is -3.76. The second kappa shape index (κ2) is 9.78. The van der Waals surface area contributed by atoms with E-state index in [-0.39, 0.29) is 4.90 Å². The normalized spacial score (nSPS) is 16.3. The highest BCUT2D eigenvalue weighted by Gasteiger charge is 2.30. The van der Waals surface area contributed by atoms with Gasteiger partial charge in [-0.2, -0.15) is 4.31 Å². The Morgan fingerprint density at radius 1 is 0.969 bits per heavy atom. The summed E-state index contributed by atoms with van der Waals surface area (Å²) in [5.41, 5.74) is 0.673. The molecule has 0 unspecified atom stereocenters. The van der Waals surface area contributed by atoms with Crippen LogP contribution in [0.2, 0.25) is 5.02 Å². The standard InChI is InChI=1S/C21H26ClN3O5S2/c1-16(25(31(2,27)28)19-10-6-17(22)7-11-19)21(26)23-18-8-12-20(13-9-18)32(29,30)24-14-4-3-5-15-24/h6-13,16H,3-5,14-15H2,1-2H3,(H,23,26)/t16-/m1/s1. The molecule has 174 valence electrons. The number of hydrogen-bond donors (Lipinski definition) is 1. The van der Waals surface area contributed by atoms with Crippen molar-refractivity contribution in [3.05, 3.63) is 53.6 Å². The van der Waals surface area contributed by atoms with Crippen molar-refractivity contribution in [3.8, 4) is 0 Å². The summed E-state index contributed by atoms with van der Waals surface area (Å²) in [5.74, 6) is -0.558. The van der Waals surface area contributed by atoms with Gasteiger partial charge in [0, 0.05) is 23.8 Å². The number of carbonyl (C=O) groups excluding carboxylic acids is 1. The molecule has 0 spiro atoms. The maximum Gasteiger partial charge on any atom is 0.247 e. The average molecular weight is 500 g/mol. The van der Waals surface area contributed by atoms with Gasteiger partial charge < -0.3 is 5.32 Å². The summed E-state index contributed by atoms with van der Waals surface area (Å²) in [6.45, 7) is 2.48. The maximum absolute atomic E-state index is 12.8. The molecule has 0 aromatic heterocycles. The van der Waals surface area contributed by atoms with Crippen LogP contribution >= 0.6 is 11.6 Å². The number of hydrogen-bond acceptors (Lipinski definition) is 5. The van der Waals surface area contributed by atoms with Gasteiger partial charge in [-0.15, -0.1) is 0 Å². The van der Waals surface area contributed by atoms with Crippen molar-refractivity contribution in [2.24, 2.45) is 0 Å². The van der Waals surface area contributed by atoms with E-state index in [1.165, 1.54) is 47.6 Å². The second-order valence-corrected chi connectivity index (χ2v) is 11.9. The van der Waals surface area contributed by atoms with Gasteiger partial charge in [0.25, 0.3) is 0 Å². The van der Waals surface area contributed by atoms with Crippen LogP contribution in [0.4, 0.5) is 11.4 Å². The SMILES string of the molecule is C[C@H](C(=O)Nc1ccc(S(=O)(=O)N2CCCCC2)cc1)N(c1ccc(Cl)cc1)S(C)(=O)=O. The molecule has 0 saturated carbocycles. The monoisotopic (exact) mass is 499 g/mol. The molecule has 1 atom stereocenters. The highest BCUT2D eigenvalue weighted by atomic mass is 35.5. The first-order chi connectivity index (χ1) is 15.0. The summed E-state index contributed by atoms with van der Waals surface area (Å²) in [4.78, 5) is 13.0. The molecule has 1 aliphatic rings. The van der Waals surface area contributed by atoms with Gasteiger partial charge in [0.05, 0.1) is 16.8 Å². The van der Waals surface area contributed by atoms with Crippen molar-refractivity contribution >= 4 is 48.9 Å². The number of carbonyl (C=O) groups is 1. The fourth-order valence-corrected chi connectivity index (χ4v) is 6.43. The van der Waals surface area contributed by atoms with E-state index in [2.05, 4.69) is 5.32 Å². The summed E-state index contributed by atoms with van der Waals surface area (Å²) < 4.78 is 52.7. The molecule has 1 fully saturated rings. The average Bonchev–Trinajstić information content (AvgIpc) is 2.75. The summed E-state index contributed by atoms with van der Waals surface area (Å²) >= 11 is 5.88. The molecule has 2 aromatic carbocycles. The highest BCUT2D eigenvalue weighted by Crippen LogP contribution is 2.25. The number of nitrogens with one attached hydrogen (secondary N) is 1. The molecular formula is C21H26ClN3O5S2. The van der Waals surface area contributed by atoms with Crippen LogP contribution in [0.5, 0.6) is 0 Å². The third kappa shape index (κ3) is 5.61. The Hall–Kier alpha value is -2.14. The summed E-state index contributed by atoms with van der Waals surface area (Å²) in [6, 6.07) is 10.9. The Morgan fingerprint density at radius 2 is 1.53 bits per heavy atom. The van der Waals surface area contributed by atoms with Gasteiger partial charge in [0.1, 0.15) is 6.04 Å². The van der Waals surface area contributed by atoms with Crippen LogP contribution in [0.3, 0.4) is 0 Å². The predicted octanol–water partition coefficient (Wildman–Crippen LogP) is 3.31. The Labute approximate surface area is 194 Å². The fourth-order valence-electron chi connectivity index (χ4n) is 3.61. The van der Waals surface area contributed by atoms with E-state index in [0.29, 0.717) is 29.5 Å². The minimum absolute atomic E-state index is 0.157. The van der Waals surface area contributed by atoms with E-state index in [1.807, 2.05) is 0 Å². The van der Waals surface area contributed by atoms with Gasteiger partial charge in [-0.25, -0.2) is 16.8 Å². The first-order valence-electron chi connectivity index (χ1n) is 10.2. The number of halogens is 1. The van der Waals surface area contributed by atoms with Gasteiger partial charge in [0.15, 0.2) is 0 Å². The molecule has 0 bridgehead atoms. The molecule has 1 heterocycles. The molecule has 1 N–H and O–H groups in total. The van der Waals surface area contributed by atoms with Crippen LogP contribution in [0.15, 0.2) is 53.4 Å². The molecule has 1 amide bonds. The molecule has 1 aliphatic heterocycles. The fraction of sp³-hybridized carbons (Fsp3) is 0.381. The van der Waals surface area contributed by atoms with E-state index < -0.39 is 32.0 Å². The number of anilines is 2. The first kappa shape index (κ1) is 24.5. The van der Waals surface area contributed by atoms with Crippen LogP contribution in [-0.2, 0) is 24.8 Å². The maximum atomic E-state index is 12.8. The molecule has 2 aromatic rings. The lowest BCUT2D eigenvalue weighted by Gasteiger charge is -2.28. The Morgan fingerprint density at radius 3 is 2.06 bits per heavy atom. The number of benzene rings is 2. The molecular weight excluding hydrogens is 474 g/mol. The Kier molecular flexibility index (Phi) is 7.49. The van der Waals surface area contributed by atoms with Crippen molar-refractivity contribution in [3.63, 3.8) is 0 Å². The number of amides is 1. The molecule has 0 aliphatic carbocycles. The molecule has 11 heteroatoms. The van der Waals surface area contributed by atoms with Crippen LogP contribution in [0.25, 0.3) is 0 Å². The number of rotatable bonds is 7. The third-order valence-electron chi connectivity index (χ3n) is 5.24. The largest absolute Gasteiger partial charge is 0.324 e. The van der Waals surface area contributed by atoms with E-state index in [1.54, 1.807) is 12.1 Å². The summed E-state index contributed by atoms with van der Waals surface area (Å²) in [7, 11) is -7.33. The van der Waals surface area contributed by atoms with Crippen molar-refractivity contribution in [1.82, 2.24) is 4.31 Å². The lowest BCUT2D eigenvalue weighted by Crippen LogP contribution is -2.45. The molecule has 1 saturated heterocycles. The van der Waals surface area contributed by atoms with E-state index in [9.17, 15) is 21.6 Å². The van der Waals surface area contributed by atoms with E-state index in [4.69, 9.17) is 11.6 Å². The predicted molar refractivity (Wildman–Crippen MR) is 126 cm³/mol. The number of nitrogens with zero attached hydrogens (tertiary/aromatic N) is 2. The van der Waals surface area contributed by atoms with Gasteiger partial charge in [-0.05, 0) is 68.3 Å². The van der Waals surface area contributed by atoms with Crippen LogP contribution in [0, 0.1) is 0 Å². The zero-order chi connectivity index (χ0) is 23.5. The topological polar surface area (TPSA) is 104 Å². The lowest BCUT2D eigenvalue weighted by atomic mass is 10.2. The van der Waals surface area contributed by atoms with E-state index in [0.717, 1.165) is 29.8 Å². The van der Waals surface area contributed by atoms with Crippen molar-refractivity contribution in [1.29, 1.82) is 0 Å². The van der Waals surface area contributed by atoms with Crippen LogP contribution < -0.4 is 9.62 Å². The third-order valence-corrected chi connectivity index (χ3v) is 8.65. The van der Waals surface area contributed by atoms with Gasteiger partial charge in [-0.1, -0.05) is 18.0 Å². The Bertz CT molecular complexity index is 1160. The first-order valence-corrected chi connectivity index (χ1v) is 13.8. The Balaban J connectivity index is 1.76. The second-order valence-electron chi connectivity index (χ2n) is 7.69. The zero-order valence-corrected chi connectivity index (χ0v) is 20.3. The van der Waals surface area contributed by atoms with Crippen LogP contribution in [-0.4, -0.2) is 52.4 Å². The number of piperidine rings is 1. The lowest BCUT2D eigenvalue weighted by molar-refractivity contribution is -0.116. The quantitative estimate of drug-likeness (QED) is 0.629. The highest BCUT2D eigenvalue weighted by molar-refractivity contribution is 7.92. The van der Waals surface area contributed by atoms with Crippen molar-refractivity contribution < 1.29 is 21.6 Å². The smallest absolute Gasteiger partial charge is 0.247 e. The van der Waals surface area contributed by atoms with Gasteiger partial charge in [-0.3, -0.25) is 9.10 Å². The summed E-state index contributed by atoms with van der Waals surface area (Å²) in [6.07, 6.45) is 3.73. The number of sulfonamides is 2. The minimum Gasteiger partial charge on any atom is -0.324 e. The molecule has 32 heavy (non-hydrogen) atoms. The molecule has 8 nitrogen and oxygen atoms in total. The molecule has 3 rings (SSSR count). The van der Waals surface area contributed by atoms with Gasteiger partial charge in [0.2, 0.25) is 26.0 Å². The molecule has 0 radical (unpaired) electrons. The van der Waals surface area contributed by atoms with Gasteiger partial charge >= 0.3 is 0 Å². The summed E-state index contributed by atoms with van der Waals surface area (Å²) in [5, 5.41) is 3.10. The van der Waals surface area contributed by atoms with Crippen molar-refractivity contribution in [2.45, 2.75) is 37.1 Å². The van der Waals surface area contributed by atoms with Crippen molar-refractivity contribution in [2.75, 3.05) is 29.0 Å². The zero-order valence-electron chi connectivity index (χ0n) is 17.9. The van der Waals surface area contributed by atoms with E-state index >= 15 is 0 Å². The van der Waals surface area contributed by atoms with Crippen LogP contribution in [0.1, 0.15) is 26.2 Å².